The summed E-state index contributed by atoms with van der Waals surface area (Å²) in [5, 5.41) is 11.2. The number of thiazole rings is 1. The molecule has 2 N–H and O–H groups in total. The third kappa shape index (κ3) is 4.09. The summed E-state index contributed by atoms with van der Waals surface area (Å²) in [5.41, 5.74) is 0. The first-order valence-corrected chi connectivity index (χ1v) is 5.24. The number of hydrogen-bond donors (Lipinski definition) is 2. The summed E-state index contributed by atoms with van der Waals surface area (Å²) in [6, 6.07) is 0. The lowest BCUT2D eigenvalue weighted by atomic mass is 10.4. The molecule has 0 aliphatic carbocycles. The number of carboxylic acids is 1. The Morgan fingerprint density at radius 1 is 1.69 bits per heavy atom. The normalized spacial score (nSPS) is 10.3. The van der Waals surface area contributed by atoms with Crippen molar-refractivity contribution in [1.29, 1.82) is 0 Å². The minimum atomic E-state index is -1.03. The molecule has 1 heterocycles. The topological polar surface area (TPSA) is 88.5 Å². The summed E-state index contributed by atoms with van der Waals surface area (Å²) in [6.07, 6.45) is 3.29. The van der Waals surface area contributed by atoms with Gasteiger partial charge in [-0.15, -0.1) is 0 Å². The van der Waals surface area contributed by atoms with Crippen molar-refractivity contribution in [3.05, 3.63) is 17.2 Å². The van der Waals surface area contributed by atoms with Crippen LogP contribution in [-0.4, -0.2) is 28.8 Å². The van der Waals surface area contributed by atoms with Gasteiger partial charge in [-0.25, -0.2) is 14.6 Å². The van der Waals surface area contributed by atoms with Crippen molar-refractivity contribution >= 4 is 34.6 Å². The fraction of sp³-hybridized carbons (Fsp3) is 0.222. The zero-order valence-corrected chi connectivity index (χ0v) is 9.28. The molecule has 0 fully saturated rings. The highest BCUT2D eigenvalue weighted by Crippen LogP contribution is 2.19. The molecule has 0 unspecified atom stereocenters. The number of nitrogens with one attached hydrogen (secondary N) is 1. The van der Waals surface area contributed by atoms with Gasteiger partial charge in [-0.1, -0.05) is 11.3 Å². The second-order valence-electron chi connectivity index (χ2n) is 2.58. The van der Waals surface area contributed by atoms with E-state index in [1.54, 1.807) is 6.92 Å². The smallest absolute Gasteiger partial charge is 0.413 e. The Morgan fingerprint density at radius 2 is 2.44 bits per heavy atom. The number of aliphatic carboxylic acids is 1. The molecule has 0 bridgehead atoms. The van der Waals surface area contributed by atoms with Crippen molar-refractivity contribution in [3.63, 3.8) is 0 Å². The van der Waals surface area contributed by atoms with Crippen LogP contribution in [-0.2, 0) is 9.53 Å². The number of nitrogens with zero attached hydrogens (tertiary/aromatic N) is 1. The lowest BCUT2D eigenvalue weighted by Crippen LogP contribution is -2.12. The van der Waals surface area contributed by atoms with E-state index >= 15 is 0 Å². The highest BCUT2D eigenvalue weighted by atomic mass is 32.1. The van der Waals surface area contributed by atoms with Gasteiger partial charge in [-0.3, -0.25) is 5.32 Å². The van der Waals surface area contributed by atoms with Gasteiger partial charge in [0, 0.05) is 17.2 Å². The number of anilines is 1. The van der Waals surface area contributed by atoms with Gasteiger partial charge < -0.3 is 9.84 Å². The predicted molar refractivity (Wildman–Crippen MR) is 59.4 cm³/mol. The van der Waals surface area contributed by atoms with Crippen LogP contribution in [0.25, 0.3) is 6.08 Å². The van der Waals surface area contributed by atoms with Crippen LogP contribution in [0.3, 0.4) is 0 Å². The van der Waals surface area contributed by atoms with Crippen molar-refractivity contribution in [2.45, 2.75) is 6.92 Å². The summed E-state index contributed by atoms with van der Waals surface area (Å²) < 4.78 is 4.66. The third-order valence-electron chi connectivity index (χ3n) is 1.40. The molecule has 6 nitrogen and oxygen atoms in total. The molecule has 0 aliphatic rings. The Morgan fingerprint density at radius 3 is 3.06 bits per heavy atom. The Labute approximate surface area is 95.6 Å². The summed E-state index contributed by atoms with van der Waals surface area (Å²) in [6.45, 7) is 1.98. The van der Waals surface area contributed by atoms with Crippen molar-refractivity contribution in [2.24, 2.45) is 0 Å². The van der Waals surface area contributed by atoms with E-state index < -0.39 is 12.1 Å². The van der Waals surface area contributed by atoms with E-state index in [-0.39, 0.29) is 6.61 Å². The molecule has 1 aromatic heterocycles. The molecule has 16 heavy (non-hydrogen) atoms. The van der Waals surface area contributed by atoms with E-state index in [9.17, 15) is 9.59 Å². The minimum Gasteiger partial charge on any atom is -0.478 e. The van der Waals surface area contributed by atoms with E-state index in [4.69, 9.17) is 5.11 Å². The molecule has 0 saturated heterocycles. The maximum absolute atomic E-state index is 11.0. The van der Waals surface area contributed by atoms with Gasteiger partial charge in [-0.2, -0.15) is 0 Å². The lowest BCUT2D eigenvalue weighted by Gasteiger charge is -1.99. The lowest BCUT2D eigenvalue weighted by molar-refractivity contribution is -0.131. The molecule has 0 atom stereocenters. The molecule has 0 saturated carbocycles. The van der Waals surface area contributed by atoms with Crippen LogP contribution in [0.4, 0.5) is 9.93 Å². The number of carbonyl (C=O) groups excluding carboxylic acids is 1. The van der Waals surface area contributed by atoms with Crippen LogP contribution in [0.2, 0.25) is 0 Å². The van der Waals surface area contributed by atoms with Crippen molar-refractivity contribution in [2.75, 3.05) is 11.9 Å². The van der Waals surface area contributed by atoms with Gasteiger partial charge in [0.05, 0.1) is 6.61 Å². The molecule has 0 aromatic carbocycles. The van der Waals surface area contributed by atoms with Crippen molar-refractivity contribution in [1.82, 2.24) is 4.98 Å². The van der Waals surface area contributed by atoms with Crippen LogP contribution in [0.15, 0.2) is 12.3 Å². The average molecular weight is 242 g/mol. The monoisotopic (exact) mass is 242 g/mol. The Bertz CT molecular complexity index is 413. The van der Waals surface area contributed by atoms with Crippen molar-refractivity contribution < 1.29 is 19.4 Å². The van der Waals surface area contributed by atoms with Crippen LogP contribution < -0.4 is 5.32 Å². The maximum Gasteiger partial charge on any atom is 0.413 e. The molecule has 1 aromatic rings. The zero-order chi connectivity index (χ0) is 12.0. The summed E-state index contributed by atoms with van der Waals surface area (Å²) in [4.78, 5) is 25.8. The van der Waals surface area contributed by atoms with Gasteiger partial charge in [0.2, 0.25) is 0 Å². The SMILES string of the molecule is CCOC(=O)Nc1ncc(C=CC(=O)O)s1. The first kappa shape index (κ1) is 12.2. The summed E-state index contributed by atoms with van der Waals surface area (Å²) in [7, 11) is 0. The third-order valence-corrected chi connectivity index (χ3v) is 2.28. The average Bonchev–Trinajstić information content (AvgIpc) is 2.63. The zero-order valence-electron chi connectivity index (χ0n) is 8.47. The molecule has 1 amide bonds. The molecule has 0 spiro atoms. The standard InChI is InChI=1S/C9H10N2O4S/c1-2-15-9(14)11-8-10-5-6(16-8)3-4-7(12)13/h3-5H,2H2,1H3,(H,12,13)(H,10,11,14). The number of aromatic nitrogens is 1. The minimum absolute atomic E-state index is 0.281. The number of amides is 1. The molecular weight excluding hydrogens is 232 g/mol. The van der Waals surface area contributed by atoms with Gasteiger partial charge in [0.1, 0.15) is 0 Å². The number of ether oxygens (including phenoxy) is 1. The van der Waals surface area contributed by atoms with Crippen LogP contribution in [0.1, 0.15) is 11.8 Å². The molecule has 0 radical (unpaired) electrons. The molecule has 0 aliphatic heterocycles. The Balaban J connectivity index is 2.58. The molecule has 86 valence electrons. The molecule has 7 heteroatoms. The van der Waals surface area contributed by atoms with Crippen LogP contribution >= 0.6 is 11.3 Å². The van der Waals surface area contributed by atoms with E-state index in [1.807, 2.05) is 0 Å². The highest BCUT2D eigenvalue weighted by molar-refractivity contribution is 7.16. The predicted octanol–water partition coefficient (Wildman–Crippen LogP) is 1.81. The van der Waals surface area contributed by atoms with Gasteiger partial charge in [0.15, 0.2) is 5.13 Å². The molecule has 1 rings (SSSR count). The maximum atomic E-state index is 11.0. The van der Waals surface area contributed by atoms with Crippen LogP contribution in [0.5, 0.6) is 0 Å². The second kappa shape index (κ2) is 5.86. The summed E-state index contributed by atoms with van der Waals surface area (Å²) >= 11 is 1.16. The summed E-state index contributed by atoms with van der Waals surface area (Å²) in [5.74, 6) is -1.03. The quantitative estimate of drug-likeness (QED) is 0.786. The fourth-order valence-electron chi connectivity index (χ4n) is 0.829. The number of hydrogen-bond acceptors (Lipinski definition) is 5. The van der Waals surface area contributed by atoms with Gasteiger partial charge in [0.25, 0.3) is 0 Å². The van der Waals surface area contributed by atoms with E-state index in [0.29, 0.717) is 10.0 Å². The first-order valence-electron chi connectivity index (χ1n) is 4.42. The van der Waals surface area contributed by atoms with Gasteiger partial charge >= 0.3 is 12.1 Å². The molecular formula is C9H10N2O4S. The first-order chi connectivity index (χ1) is 7.61. The van der Waals surface area contributed by atoms with E-state index in [1.165, 1.54) is 12.3 Å². The van der Waals surface area contributed by atoms with Crippen molar-refractivity contribution in [3.8, 4) is 0 Å². The van der Waals surface area contributed by atoms with E-state index in [0.717, 1.165) is 17.4 Å². The largest absolute Gasteiger partial charge is 0.478 e. The van der Waals surface area contributed by atoms with Crippen LogP contribution in [0, 0.1) is 0 Å². The second-order valence-corrected chi connectivity index (χ2v) is 3.65. The van der Waals surface area contributed by atoms with E-state index in [2.05, 4.69) is 15.0 Å². The number of carboxylic acid groups (broad SMARTS) is 1. The Hall–Kier alpha value is -1.89. The fourth-order valence-corrected chi connectivity index (χ4v) is 1.53. The highest BCUT2D eigenvalue weighted by Gasteiger charge is 2.05. The van der Waals surface area contributed by atoms with Gasteiger partial charge in [-0.05, 0) is 13.0 Å². The number of carbonyl (C=O) groups is 2. The Kier molecular flexibility index (Phi) is 4.46. The number of rotatable bonds is 4.